The molecule has 0 N–H and O–H groups in total. The predicted molar refractivity (Wildman–Crippen MR) is 102 cm³/mol. The molecule has 1 heteroatoms. The zero-order chi connectivity index (χ0) is 17.9. The van der Waals surface area contributed by atoms with Crippen molar-refractivity contribution < 1.29 is 4.79 Å². The summed E-state index contributed by atoms with van der Waals surface area (Å²) in [5, 5.41) is 0. The van der Waals surface area contributed by atoms with E-state index >= 15 is 0 Å². The summed E-state index contributed by atoms with van der Waals surface area (Å²) in [6.07, 6.45) is 1.93. The van der Waals surface area contributed by atoms with E-state index in [1.165, 1.54) is 55.6 Å². The van der Waals surface area contributed by atoms with E-state index in [1.54, 1.807) is 0 Å². The molecule has 126 valence electrons. The molecule has 2 aromatic rings. The van der Waals surface area contributed by atoms with Crippen LogP contribution in [-0.2, 0) is 12.8 Å². The summed E-state index contributed by atoms with van der Waals surface area (Å²) in [6.45, 7) is 17.3. The van der Waals surface area contributed by atoms with Crippen molar-refractivity contribution in [1.82, 2.24) is 0 Å². The summed E-state index contributed by atoms with van der Waals surface area (Å²) in [5.41, 5.74) is 14.6. The fourth-order valence-electron chi connectivity index (χ4n) is 4.40. The molecule has 0 atom stereocenters. The lowest BCUT2D eigenvalue weighted by atomic mass is 9.83. The van der Waals surface area contributed by atoms with Gasteiger partial charge in [-0.15, -0.1) is 0 Å². The number of carbonyl (C=O) groups is 1. The maximum atomic E-state index is 13.6. The van der Waals surface area contributed by atoms with Gasteiger partial charge in [-0.1, -0.05) is 0 Å². The number of carbonyl (C=O) groups excluding carboxylic acids is 1. The van der Waals surface area contributed by atoms with Crippen LogP contribution in [0.1, 0.15) is 71.6 Å². The first-order chi connectivity index (χ1) is 11.2. The Bertz CT molecular complexity index is 824. The molecule has 0 aliphatic heterocycles. The van der Waals surface area contributed by atoms with Gasteiger partial charge in [0.15, 0.2) is 5.78 Å². The van der Waals surface area contributed by atoms with Crippen LogP contribution in [0.3, 0.4) is 0 Å². The van der Waals surface area contributed by atoms with E-state index in [0.717, 1.165) is 24.0 Å². The van der Waals surface area contributed by atoms with Crippen molar-refractivity contribution in [1.29, 1.82) is 0 Å². The molecule has 0 radical (unpaired) electrons. The Morgan fingerprint density at radius 2 is 0.750 bits per heavy atom. The molecule has 0 unspecified atom stereocenters. The van der Waals surface area contributed by atoms with Crippen molar-refractivity contribution in [2.75, 3.05) is 0 Å². The summed E-state index contributed by atoms with van der Waals surface area (Å²) >= 11 is 0. The molecule has 2 aromatic carbocycles. The summed E-state index contributed by atoms with van der Waals surface area (Å²) < 4.78 is 0. The largest absolute Gasteiger partial charge is 0.289 e. The summed E-state index contributed by atoms with van der Waals surface area (Å²) in [6, 6.07) is 0. The molecule has 1 aliphatic carbocycles. The van der Waals surface area contributed by atoms with Gasteiger partial charge < -0.3 is 0 Å². The zero-order valence-corrected chi connectivity index (χ0v) is 16.3. The van der Waals surface area contributed by atoms with Crippen molar-refractivity contribution in [2.45, 2.75) is 68.2 Å². The van der Waals surface area contributed by atoms with E-state index in [0.29, 0.717) is 0 Å². The maximum Gasteiger partial charge on any atom is 0.194 e. The highest BCUT2D eigenvalue weighted by molar-refractivity contribution is 6.14. The van der Waals surface area contributed by atoms with Gasteiger partial charge in [0.25, 0.3) is 0 Å². The van der Waals surface area contributed by atoms with Crippen LogP contribution in [0.2, 0.25) is 0 Å². The molecule has 0 aromatic heterocycles. The first kappa shape index (κ1) is 17.0. The average Bonchev–Trinajstić information content (AvgIpc) is 2.71. The standard InChI is InChI=1S/C23H28O/c1-11-13(3)17(7)21-19(15(11)5)9-10-20-16(6)12(2)14(4)18(8)22(20)23(21)24/h9-10H2,1-8H3. The van der Waals surface area contributed by atoms with Crippen LogP contribution >= 0.6 is 0 Å². The second kappa shape index (κ2) is 5.58. The topological polar surface area (TPSA) is 17.1 Å². The second-order valence-corrected chi connectivity index (χ2v) is 7.54. The number of hydrogen-bond donors (Lipinski definition) is 0. The van der Waals surface area contributed by atoms with Gasteiger partial charge in [-0.25, -0.2) is 0 Å². The fourth-order valence-corrected chi connectivity index (χ4v) is 4.40. The first-order valence-corrected chi connectivity index (χ1v) is 8.91. The van der Waals surface area contributed by atoms with Crippen LogP contribution in [-0.4, -0.2) is 5.78 Å². The van der Waals surface area contributed by atoms with Crippen LogP contribution < -0.4 is 0 Å². The molecule has 0 fully saturated rings. The van der Waals surface area contributed by atoms with Crippen molar-refractivity contribution in [3.63, 3.8) is 0 Å². The highest BCUT2D eigenvalue weighted by Gasteiger charge is 2.29. The van der Waals surface area contributed by atoms with Crippen molar-refractivity contribution in [2.24, 2.45) is 0 Å². The quantitative estimate of drug-likeness (QED) is 0.628. The third kappa shape index (κ3) is 2.10. The molecule has 0 bridgehead atoms. The van der Waals surface area contributed by atoms with Crippen molar-refractivity contribution >= 4 is 5.78 Å². The van der Waals surface area contributed by atoms with E-state index < -0.39 is 0 Å². The number of benzene rings is 2. The van der Waals surface area contributed by atoms with Crippen LogP contribution in [0.5, 0.6) is 0 Å². The van der Waals surface area contributed by atoms with Gasteiger partial charge in [0.1, 0.15) is 0 Å². The predicted octanol–water partition coefficient (Wildman–Crippen LogP) is 5.48. The summed E-state index contributed by atoms with van der Waals surface area (Å²) in [4.78, 5) is 13.6. The van der Waals surface area contributed by atoms with E-state index in [-0.39, 0.29) is 5.78 Å². The van der Waals surface area contributed by atoms with Gasteiger partial charge in [0.2, 0.25) is 0 Å². The summed E-state index contributed by atoms with van der Waals surface area (Å²) in [7, 11) is 0. The van der Waals surface area contributed by atoms with E-state index in [1.807, 2.05) is 0 Å². The third-order valence-electron chi connectivity index (χ3n) is 6.71. The SMILES string of the molecule is Cc1c(C)c(C)c2c(c1C)CCc1c(C)c(C)c(C)c(C)c1C2=O. The minimum Gasteiger partial charge on any atom is -0.289 e. The van der Waals surface area contributed by atoms with Crippen LogP contribution in [0.15, 0.2) is 0 Å². The highest BCUT2D eigenvalue weighted by Crippen LogP contribution is 2.37. The molecule has 1 aliphatic rings. The monoisotopic (exact) mass is 320 g/mol. The number of fused-ring (bicyclic) bond motifs is 2. The average molecular weight is 320 g/mol. The minimum absolute atomic E-state index is 0.241. The molecule has 24 heavy (non-hydrogen) atoms. The van der Waals surface area contributed by atoms with Gasteiger partial charge in [0.05, 0.1) is 0 Å². The normalized spacial score (nSPS) is 13.6. The van der Waals surface area contributed by atoms with E-state index in [4.69, 9.17) is 0 Å². The Hall–Kier alpha value is -1.89. The molecule has 0 saturated carbocycles. The number of ketones is 1. The van der Waals surface area contributed by atoms with Crippen molar-refractivity contribution in [3.8, 4) is 0 Å². The lowest BCUT2D eigenvalue weighted by molar-refractivity contribution is 0.103. The molecule has 0 spiro atoms. The Kier molecular flexibility index (Phi) is 3.94. The lowest BCUT2D eigenvalue weighted by Crippen LogP contribution is -2.13. The zero-order valence-electron chi connectivity index (χ0n) is 16.3. The summed E-state index contributed by atoms with van der Waals surface area (Å²) in [5.74, 6) is 0.241. The minimum atomic E-state index is 0.241. The molecule has 0 saturated heterocycles. The van der Waals surface area contributed by atoms with Crippen LogP contribution in [0.4, 0.5) is 0 Å². The molecular formula is C23H28O. The Balaban J connectivity index is 2.42. The van der Waals surface area contributed by atoms with Gasteiger partial charge in [-0.05, 0) is 124 Å². The van der Waals surface area contributed by atoms with Gasteiger partial charge in [-0.2, -0.15) is 0 Å². The molecule has 0 heterocycles. The maximum absolute atomic E-state index is 13.6. The first-order valence-electron chi connectivity index (χ1n) is 8.91. The Labute approximate surface area is 146 Å². The smallest absolute Gasteiger partial charge is 0.194 e. The number of rotatable bonds is 0. The Morgan fingerprint density at radius 3 is 1.08 bits per heavy atom. The van der Waals surface area contributed by atoms with Gasteiger partial charge >= 0.3 is 0 Å². The lowest BCUT2D eigenvalue weighted by Gasteiger charge is -2.20. The van der Waals surface area contributed by atoms with E-state index in [2.05, 4.69) is 55.4 Å². The van der Waals surface area contributed by atoms with E-state index in [9.17, 15) is 4.79 Å². The van der Waals surface area contributed by atoms with Crippen LogP contribution in [0, 0.1) is 55.4 Å². The number of hydrogen-bond acceptors (Lipinski definition) is 1. The van der Waals surface area contributed by atoms with Gasteiger partial charge in [-0.3, -0.25) is 4.79 Å². The second-order valence-electron chi connectivity index (χ2n) is 7.54. The molecule has 1 nitrogen and oxygen atoms in total. The highest BCUT2D eigenvalue weighted by atomic mass is 16.1. The van der Waals surface area contributed by atoms with Crippen molar-refractivity contribution in [3.05, 3.63) is 66.8 Å². The third-order valence-corrected chi connectivity index (χ3v) is 6.71. The molecule has 3 rings (SSSR count). The molecule has 0 amide bonds. The van der Waals surface area contributed by atoms with Gasteiger partial charge in [0, 0.05) is 11.1 Å². The Morgan fingerprint density at radius 1 is 0.458 bits per heavy atom. The van der Waals surface area contributed by atoms with Crippen LogP contribution in [0.25, 0.3) is 0 Å². The fraction of sp³-hybridized carbons (Fsp3) is 0.435. The molecular weight excluding hydrogens is 292 g/mol.